The Bertz CT molecular complexity index is 1560. The average molecular weight is 659 g/mol. The van der Waals surface area contributed by atoms with Gasteiger partial charge in [0, 0.05) is 0 Å². The second-order valence-electron chi connectivity index (χ2n) is 10.4. The Hall–Kier alpha value is -3.03. The number of fused-ring (bicyclic) bond motifs is 2. The van der Waals surface area contributed by atoms with Crippen molar-refractivity contribution in [1.29, 1.82) is 0 Å². The molecule has 0 aliphatic rings. The molecular formula is C37H36Hf. The van der Waals surface area contributed by atoms with Crippen LogP contribution in [-0.2, 0) is 31.3 Å². The first kappa shape index (κ1) is 29.5. The summed E-state index contributed by atoms with van der Waals surface area (Å²) < 4.78 is 0. The van der Waals surface area contributed by atoms with Crippen LogP contribution in [0.1, 0.15) is 36.1 Å². The summed E-state index contributed by atoms with van der Waals surface area (Å²) in [4.78, 5) is 0. The van der Waals surface area contributed by atoms with Gasteiger partial charge in [0.15, 0.2) is 0 Å². The Morgan fingerprint density at radius 2 is 0.868 bits per heavy atom. The van der Waals surface area contributed by atoms with Crippen molar-refractivity contribution in [3.63, 3.8) is 0 Å². The minimum Gasteiger partial charge on any atom is -0.358 e. The molecule has 0 saturated heterocycles. The molecule has 0 aliphatic heterocycles. The molecule has 0 aromatic heterocycles. The van der Waals surface area contributed by atoms with Crippen LogP contribution in [0, 0.1) is 28.7 Å². The molecule has 38 heavy (non-hydrogen) atoms. The molecule has 188 valence electrons. The van der Waals surface area contributed by atoms with Crippen LogP contribution in [0.15, 0.2) is 109 Å². The molecule has 6 aromatic rings. The molecule has 0 fully saturated rings. The molecule has 1 heteroatoms. The third-order valence-electron chi connectivity index (χ3n) is 7.82. The largest absolute Gasteiger partial charge is 4.00 e. The first-order valence-corrected chi connectivity index (χ1v) is 12.5. The van der Waals surface area contributed by atoms with Gasteiger partial charge in [0.2, 0.25) is 0 Å². The molecule has 0 spiro atoms. The van der Waals surface area contributed by atoms with Crippen molar-refractivity contribution in [1.82, 2.24) is 0 Å². The molecule has 0 saturated carbocycles. The summed E-state index contributed by atoms with van der Waals surface area (Å²) in [5.41, 5.74) is 10.5. The number of rotatable bonds is 4. The van der Waals surface area contributed by atoms with Gasteiger partial charge >= 0.3 is 25.8 Å². The molecule has 0 amide bonds. The van der Waals surface area contributed by atoms with E-state index in [1.54, 1.807) is 0 Å². The summed E-state index contributed by atoms with van der Waals surface area (Å²) in [6.07, 6.45) is 0. The average Bonchev–Trinajstić information content (AvgIpc) is 3.50. The van der Waals surface area contributed by atoms with Crippen LogP contribution in [0.3, 0.4) is 0 Å². The first-order valence-electron chi connectivity index (χ1n) is 12.5. The zero-order valence-electron chi connectivity index (χ0n) is 23.4. The van der Waals surface area contributed by atoms with Gasteiger partial charge in [-0.1, -0.05) is 85.6 Å². The standard InChI is InChI=1S/C35H30.2CH3.Hf/c1-23-11-5-7-15-29(23)31-17-9-13-25-19-27(21-33(25)31)35(3,4)28-20-26-14-10-18-32(34(26)22-28)30-16-8-6-12-24(30)2;;;/h5-22H,1-4H3;2*1H3;/q-2;2*-1;+4. The predicted molar refractivity (Wildman–Crippen MR) is 164 cm³/mol. The predicted octanol–water partition coefficient (Wildman–Crippen LogP) is 10.6. The first-order chi connectivity index (χ1) is 16.9. The number of aryl methyl sites for hydroxylation is 2. The van der Waals surface area contributed by atoms with Gasteiger partial charge in [-0.15, -0.1) is 69.1 Å². The normalized spacial score (nSPS) is 11.1. The summed E-state index contributed by atoms with van der Waals surface area (Å²) in [7, 11) is 0. The van der Waals surface area contributed by atoms with Gasteiger partial charge in [-0.3, -0.25) is 0 Å². The van der Waals surface area contributed by atoms with Gasteiger partial charge in [-0.05, 0) is 41.5 Å². The Labute approximate surface area is 247 Å². The van der Waals surface area contributed by atoms with Gasteiger partial charge in [0.1, 0.15) is 0 Å². The monoisotopic (exact) mass is 660 g/mol. The maximum atomic E-state index is 2.41. The zero-order chi connectivity index (χ0) is 24.2. The number of hydrogen-bond donors (Lipinski definition) is 0. The summed E-state index contributed by atoms with van der Waals surface area (Å²) in [5.74, 6) is 0. The second-order valence-corrected chi connectivity index (χ2v) is 10.4. The molecule has 6 aromatic carbocycles. The Morgan fingerprint density at radius 3 is 1.26 bits per heavy atom. The third-order valence-corrected chi connectivity index (χ3v) is 7.82. The van der Waals surface area contributed by atoms with E-state index in [1.807, 2.05) is 0 Å². The Morgan fingerprint density at radius 1 is 0.500 bits per heavy atom. The van der Waals surface area contributed by atoms with E-state index in [1.165, 1.54) is 66.1 Å². The summed E-state index contributed by atoms with van der Waals surface area (Å²) in [6, 6.07) is 40.3. The van der Waals surface area contributed by atoms with E-state index in [-0.39, 0.29) is 46.1 Å². The van der Waals surface area contributed by atoms with Crippen LogP contribution < -0.4 is 0 Å². The van der Waals surface area contributed by atoms with E-state index in [2.05, 4.69) is 137 Å². The Kier molecular flexibility index (Phi) is 8.84. The summed E-state index contributed by atoms with van der Waals surface area (Å²) >= 11 is 0. The number of hydrogen-bond acceptors (Lipinski definition) is 0. The molecule has 6 rings (SSSR count). The fourth-order valence-corrected chi connectivity index (χ4v) is 5.58. The van der Waals surface area contributed by atoms with Crippen molar-refractivity contribution >= 4 is 21.5 Å². The zero-order valence-corrected chi connectivity index (χ0v) is 27.0. The quantitative estimate of drug-likeness (QED) is 0.131. The fraction of sp³-hybridized carbons (Fsp3) is 0.135. The summed E-state index contributed by atoms with van der Waals surface area (Å²) in [5, 5.41) is 5.29. The van der Waals surface area contributed by atoms with Crippen LogP contribution in [0.4, 0.5) is 0 Å². The van der Waals surface area contributed by atoms with Crippen molar-refractivity contribution in [2.45, 2.75) is 33.1 Å². The topological polar surface area (TPSA) is 0 Å². The SMILES string of the molecule is Cc1ccccc1-c1cccc2[cH-]c(C(C)(C)c3cc4c(-c5ccccc5C)cccc4[cH-]3)cc12.[CH3-].[CH3-].[Hf+4]. The molecule has 0 radical (unpaired) electrons. The molecule has 0 nitrogen and oxygen atoms in total. The van der Waals surface area contributed by atoms with Gasteiger partial charge in [0.05, 0.1) is 0 Å². The van der Waals surface area contributed by atoms with Crippen LogP contribution >= 0.6 is 0 Å². The molecule has 0 atom stereocenters. The van der Waals surface area contributed by atoms with Crippen molar-refractivity contribution < 1.29 is 25.8 Å². The van der Waals surface area contributed by atoms with E-state index >= 15 is 0 Å². The third kappa shape index (κ3) is 4.90. The van der Waals surface area contributed by atoms with E-state index in [9.17, 15) is 0 Å². The van der Waals surface area contributed by atoms with Crippen molar-refractivity contribution in [2.24, 2.45) is 0 Å². The number of benzene rings is 4. The molecule has 0 aliphatic carbocycles. The molecular weight excluding hydrogens is 623 g/mol. The van der Waals surface area contributed by atoms with E-state index in [4.69, 9.17) is 0 Å². The van der Waals surface area contributed by atoms with E-state index < -0.39 is 0 Å². The van der Waals surface area contributed by atoms with Crippen LogP contribution in [0.25, 0.3) is 43.8 Å². The van der Waals surface area contributed by atoms with Crippen molar-refractivity contribution in [3.05, 3.63) is 146 Å². The van der Waals surface area contributed by atoms with Gasteiger partial charge < -0.3 is 14.9 Å². The second kappa shape index (κ2) is 11.4. The van der Waals surface area contributed by atoms with Gasteiger partial charge in [0.25, 0.3) is 0 Å². The van der Waals surface area contributed by atoms with E-state index in [0.717, 1.165) is 0 Å². The van der Waals surface area contributed by atoms with E-state index in [0.29, 0.717) is 0 Å². The molecule has 0 N–H and O–H groups in total. The minimum atomic E-state index is -0.107. The molecule has 0 unspecified atom stereocenters. The fourth-order valence-electron chi connectivity index (χ4n) is 5.58. The van der Waals surface area contributed by atoms with Gasteiger partial charge in [-0.25, -0.2) is 0 Å². The smallest absolute Gasteiger partial charge is 0.358 e. The van der Waals surface area contributed by atoms with Crippen molar-refractivity contribution in [3.8, 4) is 22.3 Å². The minimum absolute atomic E-state index is 0. The van der Waals surface area contributed by atoms with Crippen molar-refractivity contribution in [2.75, 3.05) is 0 Å². The molecule has 0 bridgehead atoms. The molecule has 0 heterocycles. The summed E-state index contributed by atoms with van der Waals surface area (Å²) in [6.45, 7) is 9.11. The maximum Gasteiger partial charge on any atom is 4.00 e. The van der Waals surface area contributed by atoms with Gasteiger partial charge in [-0.2, -0.15) is 12.1 Å². The van der Waals surface area contributed by atoms with Crippen LogP contribution in [0.5, 0.6) is 0 Å². The maximum absolute atomic E-state index is 2.41. The Balaban J connectivity index is 0.00000133. The van der Waals surface area contributed by atoms with Crippen LogP contribution in [0.2, 0.25) is 0 Å². The van der Waals surface area contributed by atoms with Crippen LogP contribution in [-0.4, -0.2) is 0 Å².